The molecule has 0 unspecified atom stereocenters. The summed E-state index contributed by atoms with van der Waals surface area (Å²) < 4.78 is 6.75. The average molecular weight is 263 g/mol. The molecule has 0 saturated carbocycles. The second kappa shape index (κ2) is 6.52. The van der Waals surface area contributed by atoms with E-state index in [1.807, 2.05) is 0 Å². The molecule has 0 aliphatic heterocycles. The van der Waals surface area contributed by atoms with E-state index in [-0.39, 0.29) is 5.76 Å². The molecule has 0 saturated heterocycles. The van der Waals surface area contributed by atoms with Gasteiger partial charge in [0, 0.05) is 12.7 Å². The van der Waals surface area contributed by atoms with Crippen LogP contribution in [0.2, 0.25) is 0 Å². The van der Waals surface area contributed by atoms with Crippen molar-refractivity contribution in [3.63, 3.8) is 0 Å². The molecule has 0 aromatic carbocycles. The average Bonchev–Trinajstić information content (AvgIpc) is 2.69. The summed E-state index contributed by atoms with van der Waals surface area (Å²) in [6.45, 7) is 7.06. The van der Waals surface area contributed by atoms with Gasteiger partial charge in [-0.1, -0.05) is 13.8 Å². The fraction of sp³-hybridized carbons (Fsp3) is 0.571. The number of hydrogen-bond acceptors (Lipinski definition) is 4. The van der Waals surface area contributed by atoms with Gasteiger partial charge in [-0.2, -0.15) is 0 Å². The van der Waals surface area contributed by atoms with Gasteiger partial charge in [-0.05, 0) is 44.0 Å². The Balaban J connectivity index is 1.85. The number of fused-ring (bicyclic) bond motifs is 1. The minimum Gasteiger partial charge on any atom is -0.406 e. The van der Waals surface area contributed by atoms with Gasteiger partial charge in [-0.3, -0.25) is 4.57 Å². The number of aryl methyl sites for hydroxylation is 1. The second-order valence-electron chi connectivity index (χ2n) is 5.15. The van der Waals surface area contributed by atoms with Gasteiger partial charge in [-0.25, -0.2) is 9.78 Å². The zero-order valence-electron chi connectivity index (χ0n) is 11.6. The number of rotatable bonds is 7. The van der Waals surface area contributed by atoms with E-state index in [4.69, 9.17) is 4.42 Å². The van der Waals surface area contributed by atoms with Crippen LogP contribution in [0.1, 0.15) is 26.7 Å². The molecule has 2 heterocycles. The van der Waals surface area contributed by atoms with Crippen molar-refractivity contribution in [3.05, 3.63) is 28.9 Å². The molecule has 0 bridgehead atoms. The fourth-order valence-corrected chi connectivity index (χ4v) is 2.01. The summed E-state index contributed by atoms with van der Waals surface area (Å²) >= 11 is 0. The molecule has 19 heavy (non-hydrogen) atoms. The van der Waals surface area contributed by atoms with Gasteiger partial charge >= 0.3 is 5.76 Å². The highest BCUT2D eigenvalue weighted by Crippen LogP contribution is 2.09. The van der Waals surface area contributed by atoms with Crippen molar-refractivity contribution in [2.45, 2.75) is 33.2 Å². The van der Waals surface area contributed by atoms with Gasteiger partial charge < -0.3 is 9.73 Å². The zero-order chi connectivity index (χ0) is 13.7. The van der Waals surface area contributed by atoms with Crippen LogP contribution in [-0.2, 0) is 6.54 Å². The number of oxazole rings is 1. The van der Waals surface area contributed by atoms with Crippen molar-refractivity contribution >= 4 is 11.2 Å². The summed E-state index contributed by atoms with van der Waals surface area (Å²) in [5.41, 5.74) is 1.20. The summed E-state index contributed by atoms with van der Waals surface area (Å²) in [5, 5.41) is 3.39. The lowest BCUT2D eigenvalue weighted by molar-refractivity contribution is 0.481. The Morgan fingerprint density at radius 3 is 3.05 bits per heavy atom. The zero-order valence-corrected chi connectivity index (χ0v) is 11.6. The van der Waals surface area contributed by atoms with E-state index < -0.39 is 0 Å². The number of unbranched alkanes of at least 4 members (excludes halogenated alkanes) is 1. The molecule has 0 fully saturated rings. The van der Waals surface area contributed by atoms with E-state index in [0.717, 1.165) is 25.9 Å². The molecule has 0 spiro atoms. The Bertz CT molecular complexity index is 571. The van der Waals surface area contributed by atoms with E-state index >= 15 is 0 Å². The molecule has 0 aliphatic carbocycles. The standard InChI is InChI=1S/C14H21N3O2/c1-11(2)10-15-7-3-4-9-17-13-12(19-14(17)18)6-5-8-16-13/h5-6,8,11,15H,3-4,7,9-10H2,1-2H3. The summed E-state index contributed by atoms with van der Waals surface area (Å²) in [5.74, 6) is 0.355. The molecule has 5 nitrogen and oxygen atoms in total. The van der Waals surface area contributed by atoms with Crippen LogP contribution in [0.25, 0.3) is 11.2 Å². The Labute approximate surface area is 112 Å². The molecule has 0 amide bonds. The van der Waals surface area contributed by atoms with E-state index in [9.17, 15) is 4.79 Å². The molecule has 1 N–H and O–H groups in total. The lowest BCUT2D eigenvalue weighted by Gasteiger charge is -2.07. The quantitative estimate of drug-likeness (QED) is 0.776. The molecular formula is C14H21N3O2. The molecule has 2 rings (SSSR count). The molecule has 0 radical (unpaired) electrons. The number of nitrogens with zero attached hydrogens (tertiary/aromatic N) is 2. The first-order valence-corrected chi connectivity index (χ1v) is 6.83. The Hall–Kier alpha value is -1.62. The molecular weight excluding hydrogens is 242 g/mol. The molecule has 104 valence electrons. The van der Waals surface area contributed by atoms with Crippen LogP contribution < -0.4 is 11.1 Å². The SMILES string of the molecule is CC(C)CNCCCCn1c(=O)oc2cccnc21. The highest BCUT2D eigenvalue weighted by atomic mass is 16.4. The normalized spacial score (nSPS) is 11.5. The van der Waals surface area contributed by atoms with Crippen molar-refractivity contribution in [2.75, 3.05) is 13.1 Å². The lowest BCUT2D eigenvalue weighted by Crippen LogP contribution is -2.21. The minimum atomic E-state index is -0.316. The van der Waals surface area contributed by atoms with Gasteiger partial charge in [0.2, 0.25) is 0 Å². The summed E-state index contributed by atoms with van der Waals surface area (Å²) in [7, 11) is 0. The first-order valence-electron chi connectivity index (χ1n) is 6.83. The third kappa shape index (κ3) is 3.67. The lowest BCUT2D eigenvalue weighted by atomic mass is 10.2. The third-order valence-corrected chi connectivity index (χ3v) is 2.96. The summed E-state index contributed by atoms with van der Waals surface area (Å²) in [4.78, 5) is 15.9. The van der Waals surface area contributed by atoms with Crippen molar-refractivity contribution in [1.29, 1.82) is 0 Å². The smallest absolute Gasteiger partial charge is 0.406 e. The molecule has 5 heteroatoms. The van der Waals surface area contributed by atoms with E-state index in [2.05, 4.69) is 24.1 Å². The molecule has 0 atom stereocenters. The monoisotopic (exact) mass is 263 g/mol. The first kappa shape index (κ1) is 13.8. The Kier molecular flexibility index (Phi) is 4.74. The largest absolute Gasteiger partial charge is 0.421 e. The predicted octanol–water partition coefficient (Wildman–Crippen LogP) is 2.02. The number of hydrogen-bond donors (Lipinski definition) is 1. The van der Waals surface area contributed by atoms with Crippen LogP contribution >= 0.6 is 0 Å². The third-order valence-electron chi connectivity index (χ3n) is 2.96. The summed E-state index contributed by atoms with van der Waals surface area (Å²) in [6.07, 6.45) is 3.66. The summed E-state index contributed by atoms with van der Waals surface area (Å²) in [6, 6.07) is 3.54. The van der Waals surface area contributed by atoms with E-state index in [1.54, 1.807) is 22.9 Å². The van der Waals surface area contributed by atoms with Crippen LogP contribution in [0.3, 0.4) is 0 Å². The maximum atomic E-state index is 11.7. The second-order valence-corrected chi connectivity index (χ2v) is 5.15. The minimum absolute atomic E-state index is 0.316. The first-order chi connectivity index (χ1) is 9.18. The van der Waals surface area contributed by atoms with Crippen LogP contribution in [0.5, 0.6) is 0 Å². The van der Waals surface area contributed by atoms with Gasteiger partial charge in [0.15, 0.2) is 11.2 Å². The molecule has 2 aromatic rings. The fourth-order valence-electron chi connectivity index (χ4n) is 2.01. The Morgan fingerprint density at radius 2 is 2.26 bits per heavy atom. The van der Waals surface area contributed by atoms with Crippen molar-refractivity contribution in [3.8, 4) is 0 Å². The topological polar surface area (TPSA) is 60.1 Å². The van der Waals surface area contributed by atoms with Gasteiger partial charge in [0.1, 0.15) is 0 Å². The van der Waals surface area contributed by atoms with Crippen LogP contribution in [0.4, 0.5) is 0 Å². The van der Waals surface area contributed by atoms with E-state index in [1.165, 1.54) is 0 Å². The molecule has 0 aliphatic rings. The van der Waals surface area contributed by atoms with Crippen LogP contribution in [0, 0.1) is 5.92 Å². The van der Waals surface area contributed by atoms with Crippen molar-refractivity contribution in [2.24, 2.45) is 5.92 Å². The molecule has 2 aromatic heterocycles. The Morgan fingerprint density at radius 1 is 1.42 bits per heavy atom. The van der Waals surface area contributed by atoms with Gasteiger partial charge in [-0.15, -0.1) is 0 Å². The number of nitrogens with one attached hydrogen (secondary N) is 1. The maximum Gasteiger partial charge on any atom is 0.421 e. The highest BCUT2D eigenvalue weighted by Gasteiger charge is 2.08. The maximum absolute atomic E-state index is 11.7. The number of aromatic nitrogens is 2. The highest BCUT2D eigenvalue weighted by molar-refractivity contribution is 5.67. The predicted molar refractivity (Wildman–Crippen MR) is 75.2 cm³/mol. The van der Waals surface area contributed by atoms with Crippen LogP contribution in [-0.4, -0.2) is 22.6 Å². The van der Waals surface area contributed by atoms with E-state index in [0.29, 0.717) is 23.7 Å². The number of pyridine rings is 1. The van der Waals surface area contributed by atoms with Crippen molar-refractivity contribution in [1.82, 2.24) is 14.9 Å². The van der Waals surface area contributed by atoms with Gasteiger partial charge in [0.05, 0.1) is 0 Å². The van der Waals surface area contributed by atoms with Gasteiger partial charge in [0.25, 0.3) is 0 Å². The van der Waals surface area contributed by atoms with Crippen molar-refractivity contribution < 1.29 is 4.42 Å². The van der Waals surface area contributed by atoms with Crippen LogP contribution in [0.15, 0.2) is 27.5 Å².